The minimum absolute atomic E-state index is 0.000320. The third-order valence-corrected chi connectivity index (χ3v) is 14.6. The van der Waals surface area contributed by atoms with Crippen molar-refractivity contribution in [2.24, 2.45) is 34.0 Å². The van der Waals surface area contributed by atoms with Gasteiger partial charge in [0, 0.05) is 59.4 Å². The van der Waals surface area contributed by atoms with Crippen molar-refractivity contribution in [3.63, 3.8) is 0 Å². The standard InChI is InChI=1S/C63H77N15O10/c1-35(2)26-47(55(66)81)73-61(86)48(27-36(3)4)74-62(87)50(30-41-32-67-34-69-41)71-53(80)33-78-51-23-15-13-21-43(51)54(39-18-10-7-11-19-39)76-56(63(78)88)77-57(82)37(5)70-60(85)49(29-40-31-68-45-22-14-12-20-42(40)45)75-59(84)46(24-25-52(65)79)72-58(83)44(64)28-38-16-8-6-9-17-38/h6-23,31-32,34-37,44,46-50,56,68H,24-30,33,64H2,1-5H3,(H2,65,79)(H2,66,81)(H,67,69)(H,70,85)(H,71,80)(H,72,83)(H,73,86)(H,74,87)(H,75,84)(H,77,82)/t37-,44+,46-,47-,48-,49-,50-,56?/m0/s1. The van der Waals surface area contributed by atoms with Gasteiger partial charge in [0.25, 0.3) is 5.91 Å². The van der Waals surface area contributed by atoms with Crippen LogP contribution in [0, 0.1) is 11.8 Å². The molecule has 0 fully saturated rings. The SMILES string of the molecule is CC(C)C[C@H](NC(=O)[C@H](CC(C)C)NC(=O)[C@H](Cc1cnc[nH]1)NC(=O)CN1C(=O)C(NC(=O)[C@H](C)NC(=O)[C@H](Cc2c[nH]c3ccccc23)NC(=O)[C@H](CCC(N)=O)NC(=O)[C@H](N)Cc2ccccc2)N=C(c2ccccc2)c2ccccc21)C(N)=O. The summed E-state index contributed by atoms with van der Waals surface area (Å²) >= 11 is 0. The van der Waals surface area contributed by atoms with E-state index in [1.165, 1.54) is 19.4 Å². The predicted octanol–water partition coefficient (Wildman–Crippen LogP) is 1.34. The summed E-state index contributed by atoms with van der Waals surface area (Å²) in [5.74, 6) is -8.03. The summed E-state index contributed by atoms with van der Waals surface area (Å²) in [6.07, 6.45) is 2.50. The molecule has 0 radical (unpaired) electrons. The number of benzodiazepines with no additional fused rings is 1. The van der Waals surface area contributed by atoms with E-state index in [0.717, 1.165) is 21.4 Å². The molecule has 2 aromatic heterocycles. The molecule has 8 atom stereocenters. The zero-order chi connectivity index (χ0) is 63.6. The van der Waals surface area contributed by atoms with E-state index in [2.05, 4.69) is 52.2 Å². The molecule has 0 spiro atoms. The van der Waals surface area contributed by atoms with Crippen LogP contribution in [0.1, 0.15) is 88.2 Å². The first-order chi connectivity index (χ1) is 42.0. The number of aliphatic imine (C=N–C) groups is 1. The van der Waals surface area contributed by atoms with E-state index in [0.29, 0.717) is 22.4 Å². The van der Waals surface area contributed by atoms with E-state index in [4.69, 9.17) is 22.2 Å². The van der Waals surface area contributed by atoms with Crippen LogP contribution in [-0.4, -0.2) is 135 Å². The van der Waals surface area contributed by atoms with Gasteiger partial charge < -0.3 is 64.4 Å². The molecule has 1 aliphatic rings. The van der Waals surface area contributed by atoms with Crippen molar-refractivity contribution >= 4 is 81.4 Å². The number of rotatable bonds is 30. The first-order valence-corrected chi connectivity index (χ1v) is 29.1. The number of nitrogens with one attached hydrogen (secondary N) is 9. The Hall–Kier alpha value is -10.0. The number of H-pyrrole nitrogens is 2. The highest BCUT2D eigenvalue weighted by molar-refractivity contribution is 6.21. The van der Waals surface area contributed by atoms with E-state index in [-0.39, 0.29) is 68.2 Å². The Morgan fingerprint density at radius 2 is 1.18 bits per heavy atom. The normalized spacial score (nSPS) is 15.4. The van der Waals surface area contributed by atoms with Gasteiger partial charge in [-0.1, -0.05) is 125 Å². The Morgan fingerprint density at radius 1 is 0.602 bits per heavy atom. The fourth-order valence-electron chi connectivity index (χ4n) is 10.1. The molecule has 7 rings (SSSR count). The Bertz CT molecular complexity index is 3480. The van der Waals surface area contributed by atoms with Crippen molar-refractivity contribution < 1.29 is 47.9 Å². The number of amides is 10. The Kier molecular flexibility index (Phi) is 23.0. The number of benzene rings is 4. The van der Waals surface area contributed by atoms with Gasteiger partial charge in [0.2, 0.25) is 59.3 Å². The summed E-state index contributed by atoms with van der Waals surface area (Å²) in [6.45, 7) is 8.06. The van der Waals surface area contributed by atoms with Crippen LogP contribution in [0.15, 0.2) is 133 Å². The van der Waals surface area contributed by atoms with Gasteiger partial charge in [0.15, 0.2) is 0 Å². The minimum atomic E-state index is -1.74. The zero-order valence-corrected chi connectivity index (χ0v) is 49.7. The third-order valence-electron chi connectivity index (χ3n) is 14.6. The van der Waals surface area contributed by atoms with Crippen molar-refractivity contribution in [3.05, 3.63) is 156 Å². The topological polar surface area (TPSA) is 393 Å². The van der Waals surface area contributed by atoms with E-state index < -0.39 is 114 Å². The van der Waals surface area contributed by atoms with Crippen LogP contribution >= 0.6 is 0 Å². The fourth-order valence-corrected chi connectivity index (χ4v) is 10.1. The Balaban J connectivity index is 1.14. The van der Waals surface area contributed by atoms with Gasteiger partial charge in [-0.05, 0) is 67.7 Å². The summed E-state index contributed by atoms with van der Waals surface area (Å²) in [5.41, 5.74) is 21.4. The van der Waals surface area contributed by atoms with Crippen LogP contribution in [0.4, 0.5) is 5.69 Å². The van der Waals surface area contributed by atoms with Crippen molar-refractivity contribution in [3.8, 4) is 0 Å². The molecule has 3 heterocycles. The molecular weight excluding hydrogens is 1130 g/mol. The summed E-state index contributed by atoms with van der Waals surface area (Å²) in [5, 5.41) is 19.6. The van der Waals surface area contributed by atoms with Gasteiger partial charge in [-0.25, -0.2) is 9.98 Å². The van der Waals surface area contributed by atoms with Gasteiger partial charge in [0.05, 0.1) is 23.8 Å². The average molecular weight is 1200 g/mol. The molecule has 6 aromatic rings. The molecule has 0 bridgehead atoms. The third kappa shape index (κ3) is 18.2. The van der Waals surface area contributed by atoms with Crippen molar-refractivity contribution in [2.45, 2.75) is 128 Å². The number of hydrogen-bond donors (Lipinski definition) is 12. The molecule has 10 amide bonds. The molecule has 4 aromatic carbocycles. The number of fused-ring (bicyclic) bond motifs is 2. The summed E-state index contributed by atoms with van der Waals surface area (Å²) in [7, 11) is 0. The lowest BCUT2D eigenvalue weighted by atomic mass is 9.99. The molecule has 1 aliphatic heterocycles. The molecule has 0 saturated heterocycles. The number of anilines is 1. The minimum Gasteiger partial charge on any atom is -0.370 e. The molecule has 0 saturated carbocycles. The van der Waals surface area contributed by atoms with Crippen molar-refractivity contribution in [1.29, 1.82) is 0 Å². The van der Waals surface area contributed by atoms with E-state index in [1.807, 2.05) is 52.0 Å². The van der Waals surface area contributed by atoms with Crippen molar-refractivity contribution in [2.75, 3.05) is 11.4 Å². The number of aromatic nitrogens is 3. The summed E-state index contributed by atoms with van der Waals surface area (Å²) in [6, 6.07) is 22.8. The van der Waals surface area contributed by atoms with E-state index >= 15 is 4.79 Å². The van der Waals surface area contributed by atoms with Gasteiger partial charge in [-0.3, -0.25) is 52.8 Å². The lowest BCUT2D eigenvalue weighted by Gasteiger charge is -2.28. The van der Waals surface area contributed by atoms with Gasteiger partial charge >= 0.3 is 0 Å². The monoisotopic (exact) mass is 1200 g/mol. The number of para-hydroxylation sites is 2. The number of aromatic amines is 2. The first-order valence-electron chi connectivity index (χ1n) is 29.1. The van der Waals surface area contributed by atoms with Crippen LogP contribution < -0.4 is 59.3 Å². The van der Waals surface area contributed by atoms with E-state index in [9.17, 15) is 43.2 Å². The Morgan fingerprint density at radius 3 is 1.85 bits per heavy atom. The number of hydrogen-bond acceptors (Lipinski definition) is 13. The molecule has 1 unspecified atom stereocenters. The summed E-state index contributed by atoms with van der Waals surface area (Å²) in [4.78, 5) is 155. The predicted molar refractivity (Wildman–Crippen MR) is 329 cm³/mol. The highest BCUT2D eigenvalue weighted by atomic mass is 16.2. The number of imidazole rings is 1. The fraction of sp³-hybridized carbons (Fsp3) is 0.365. The highest BCUT2D eigenvalue weighted by Gasteiger charge is 2.38. The number of carbonyl (C=O) groups is 10. The second kappa shape index (κ2) is 30.9. The highest BCUT2D eigenvalue weighted by Crippen LogP contribution is 2.29. The molecule has 25 nitrogen and oxygen atoms in total. The van der Waals surface area contributed by atoms with Gasteiger partial charge in [0.1, 0.15) is 42.8 Å². The number of carbonyl (C=O) groups excluding carboxylic acids is 10. The van der Waals surface area contributed by atoms with Crippen LogP contribution in [0.2, 0.25) is 0 Å². The second-order valence-electron chi connectivity index (χ2n) is 22.6. The molecule has 464 valence electrons. The van der Waals surface area contributed by atoms with E-state index in [1.54, 1.807) is 91.1 Å². The lowest BCUT2D eigenvalue weighted by molar-refractivity contribution is -0.134. The average Bonchev–Trinajstić information content (AvgIpc) is 2.07. The second-order valence-corrected chi connectivity index (χ2v) is 22.6. The molecule has 0 aliphatic carbocycles. The van der Waals surface area contributed by atoms with Gasteiger partial charge in [-0.2, -0.15) is 0 Å². The smallest absolute Gasteiger partial charge is 0.272 e. The summed E-state index contributed by atoms with van der Waals surface area (Å²) < 4.78 is 0. The van der Waals surface area contributed by atoms with Crippen LogP contribution in [0.25, 0.3) is 10.9 Å². The molecular formula is C63H77N15O10. The molecule has 88 heavy (non-hydrogen) atoms. The number of nitrogens with two attached hydrogens (primary N) is 3. The lowest BCUT2D eigenvalue weighted by Crippen LogP contribution is -2.59. The molecule has 25 heteroatoms. The quantitative estimate of drug-likeness (QED) is 0.0304. The maximum Gasteiger partial charge on any atom is 0.272 e. The van der Waals surface area contributed by atoms with Crippen LogP contribution in [-0.2, 0) is 67.2 Å². The zero-order valence-electron chi connectivity index (χ0n) is 49.7. The largest absolute Gasteiger partial charge is 0.370 e. The first kappa shape index (κ1) is 65.5. The maximum absolute atomic E-state index is 15.1. The van der Waals surface area contributed by atoms with Gasteiger partial charge in [-0.15, -0.1) is 0 Å². The number of primary amides is 2. The molecule has 15 N–H and O–H groups in total. The number of nitrogens with zero attached hydrogens (tertiary/aromatic N) is 3. The van der Waals surface area contributed by atoms with Crippen molar-refractivity contribution in [1.82, 2.24) is 52.2 Å². The van der Waals surface area contributed by atoms with Crippen LogP contribution in [0.5, 0.6) is 0 Å². The van der Waals surface area contributed by atoms with Crippen LogP contribution in [0.3, 0.4) is 0 Å². The maximum atomic E-state index is 15.1. The Labute approximate surface area is 509 Å².